The summed E-state index contributed by atoms with van der Waals surface area (Å²) in [5.74, 6) is 0.810. The number of hydrogen-bond donors (Lipinski definition) is 2. The molecular weight excluding hydrogens is 210 g/mol. The summed E-state index contributed by atoms with van der Waals surface area (Å²) in [6.07, 6.45) is 6.30. The molecule has 0 aliphatic heterocycles. The lowest BCUT2D eigenvalue weighted by Gasteiger charge is -2.26. The van der Waals surface area contributed by atoms with Gasteiger partial charge >= 0.3 is 0 Å². The molecular formula is C11H17NS2. The Morgan fingerprint density at radius 1 is 1.43 bits per heavy atom. The van der Waals surface area contributed by atoms with Crippen molar-refractivity contribution < 1.29 is 0 Å². The zero-order valence-electron chi connectivity index (χ0n) is 8.28. The summed E-state index contributed by atoms with van der Waals surface area (Å²) in [6, 6.07) is 4.74. The number of thiol groups is 1. The monoisotopic (exact) mass is 227 g/mol. The van der Waals surface area contributed by atoms with E-state index in [4.69, 9.17) is 5.73 Å². The first-order valence-corrected chi connectivity index (χ1v) is 6.53. The summed E-state index contributed by atoms with van der Waals surface area (Å²) in [7, 11) is 0. The second-order valence-electron chi connectivity index (χ2n) is 4.24. The van der Waals surface area contributed by atoms with Crippen molar-refractivity contribution in [2.24, 2.45) is 11.7 Å². The van der Waals surface area contributed by atoms with Gasteiger partial charge in [0.25, 0.3) is 0 Å². The highest BCUT2D eigenvalue weighted by Crippen LogP contribution is 2.29. The highest BCUT2D eigenvalue weighted by Gasteiger charge is 2.19. The summed E-state index contributed by atoms with van der Waals surface area (Å²) in [5.41, 5.74) is 5.97. The first-order chi connectivity index (χ1) is 6.74. The normalized spacial score (nSPS) is 27.9. The molecule has 1 nitrogen and oxygen atoms in total. The molecule has 14 heavy (non-hydrogen) atoms. The van der Waals surface area contributed by atoms with Crippen molar-refractivity contribution in [3.63, 3.8) is 0 Å². The fourth-order valence-corrected chi connectivity index (χ4v) is 3.56. The fourth-order valence-electron chi connectivity index (χ4n) is 2.28. The average Bonchev–Trinajstić information content (AvgIpc) is 2.51. The molecule has 3 heteroatoms. The number of rotatable bonds is 2. The van der Waals surface area contributed by atoms with E-state index in [2.05, 4.69) is 24.8 Å². The molecule has 1 fully saturated rings. The lowest BCUT2D eigenvalue weighted by atomic mass is 9.84. The third-order valence-corrected chi connectivity index (χ3v) is 4.29. The van der Waals surface area contributed by atoms with E-state index in [1.807, 2.05) is 0 Å². The van der Waals surface area contributed by atoms with E-state index in [0.29, 0.717) is 6.04 Å². The molecule has 0 saturated heterocycles. The Morgan fingerprint density at radius 3 is 2.93 bits per heavy atom. The van der Waals surface area contributed by atoms with Crippen molar-refractivity contribution in [3.05, 3.63) is 17.0 Å². The summed E-state index contributed by atoms with van der Waals surface area (Å²) in [5, 5.41) is 0. The molecule has 1 aromatic rings. The topological polar surface area (TPSA) is 26.0 Å². The van der Waals surface area contributed by atoms with Crippen molar-refractivity contribution in [2.45, 2.75) is 42.4 Å². The molecule has 1 aromatic heterocycles. The van der Waals surface area contributed by atoms with Gasteiger partial charge in [0, 0.05) is 10.9 Å². The molecule has 0 amide bonds. The molecule has 2 N–H and O–H groups in total. The third-order valence-electron chi connectivity index (χ3n) is 2.96. The van der Waals surface area contributed by atoms with Gasteiger partial charge < -0.3 is 5.73 Å². The fraction of sp³-hybridized carbons (Fsp3) is 0.636. The van der Waals surface area contributed by atoms with E-state index in [1.54, 1.807) is 11.3 Å². The van der Waals surface area contributed by atoms with Gasteiger partial charge in [0.05, 0.1) is 4.21 Å². The Balaban J connectivity index is 1.90. The highest BCUT2D eigenvalue weighted by atomic mass is 32.2. The van der Waals surface area contributed by atoms with Gasteiger partial charge in [-0.1, -0.05) is 6.42 Å². The van der Waals surface area contributed by atoms with Gasteiger partial charge in [0.1, 0.15) is 0 Å². The molecule has 2 atom stereocenters. The maximum atomic E-state index is 5.97. The SMILES string of the molecule is NC1CCCC(Cc2ccc(S)s2)C1. The van der Waals surface area contributed by atoms with Crippen LogP contribution in [0.5, 0.6) is 0 Å². The van der Waals surface area contributed by atoms with E-state index in [0.717, 1.165) is 10.1 Å². The van der Waals surface area contributed by atoms with Gasteiger partial charge in [-0.25, -0.2) is 0 Å². The summed E-state index contributed by atoms with van der Waals surface area (Å²) in [4.78, 5) is 1.47. The van der Waals surface area contributed by atoms with E-state index in [9.17, 15) is 0 Å². The Bertz CT molecular complexity index is 295. The number of thiophene rings is 1. The third kappa shape index (κ3) is 2.75. The zero-order valence-corrected chi connectivity index (χ0v) is 9.99. The minimum absolute atomic E-state index is 0.448. The Labute approximate surface area is 95.1 Å². The lowest BCUT2D eigenvalue weighted by molar-refractivity contribution is 0.322. The summed E-state index contributed by atoms with van der Waals surface area (Å²) in [6.45, 7) is 0. The Kier molecular flexibility index (Phi) is 3.52. The van der Waals surface area contributed by atoms with Crippen LogP contribution in [0.4, 0.5) is 0 Å². The Morgan fingerprint density at radius 2 is 2.29 bits per heavy atom. The van der Waals surface area contributed by atoms with Crippen LogP contribution in [-0.2, 0) is 6.42 Å². The van der Waals surface area contributed by atoms with Crippen molar-refractivity contribution >= 4 is 24.0 Å². The summed E-state index contributed by atoms with van der Waals surface area (Å²) >= 11 is 6.14. The van der Waals surface area contributed by atoms with E-state index in [1.165, 1.54) is 37.0 Å². The van der Waals surface area contributed by atoms with Crippen LogP contribution in [0, 0.1) is 5.92 Å². The predicted octanol–water partition coefficient (Wildman–Crippen LogP) is 3.10. The van der Waals surface area contributed by atoms with Crippen LogP contribution in [0.15, 0.2) is 16.3 Å². The molecule has 0 spiro atoms. The molecule has 1 heterocycles. The molecule has 1 saturated carbocycles. The number of nitrogens with two attached hydrogens (primary N) is 1. The van der Waals surface area contributed by atoms with Gasteiger partial charge in [-0.3, -0.25) is 0 Å². The number of hydrogen-bond acceptors (Lipinski definition) is 3. The largest absolute Gasteiger partial charge is 0.328 e. The van der Waals surface area contributed by atoms with E-state index in [-0.39, 0.29) is 0 Å². The Hall–Kier alpha value is 0.01000. The maximum Gasteiger partial charge on any atom is 0.0570 e. The molecule has 1 aliphatic rings. The van der Waals surface area contributed by atoms with Crippen LogP contribution >= 0.6 is 24.0 Å². The molecule has 0 bridgehead atoms. The molecule has 0 radical (unpaired) electrons. The summed E-state index contributed by atoms with van der Waals surface area (Å²) < 4.78 is 1.13. The van der Waals surface area contributed by atoms with Gasteiger partial charge in [0.15, 0.2) is 0 Å². The van der Waals surface area contributed by atoms with Crippen LogP contribution in [0.3, 0.4) is 0 Å². The van der Waals surface area contributed by atoms with Crippen LogP contribution in [-0.4, -0.2) is 6.04 Å². The van der Waals surface area contributed by atoms with Gasteiger partial charge in [-0.05, 0) is 43.7 Å². The van der Waals surface area contributed by atoms with Crippen molar-refractivity contribution in [2.75, 3.05) is 0 Å². The van der Waals surface area contributed by atoms with Gasteiger partial charge in [0.2, 0.25) is 0 Å². The maximum absolute atomic E-state index is 5.97. The lowest BCUT2D eigenvalue weighted by Crippen LogP contribution is -2.28. The van der Waals surface area contributed by atoms with Crippen LogP contribution in [0.25, 0.3) is 0 Å². The minimum atomic E-state index is 0.448. The van der Waals surface area contributed by atoms with Crippen molar-refractivity contribution in [1.29, 1.82) is 0 Å². The van der Waals surface area contributed by atoms with Gasteiger partial charge in [-0.2, -0.15) is 0 Å². The average molecular weight is 227 g/mol. The molecule has 2 rings (SSSR count). The van der Waals surface area contributed by atoms with Crippen LogP contribution in [0.1, 0.15) is 30.6 Å². The van der Waals surface area contributed by atoms with E-state index >= 15 is 0 Å². The molecule has 2 unspecified atom stereocenters. The zero-order chi connectivity index (χ0) is 9.97. The van der Waals surface area contributed by atoms with Crippen molar-refractivity contribution in [1.82, 2.24) is 0 Å². The second kappa shape index (κ2) is 4.69. The minimum Gasteiger partial charge on any atom is -0.328 e. The van der Waals surface area contributed by atoms with E-state index < -0.39 is 0 Å². The molecule has 1 aliphatic carbocycles. The van der Waals surface area contributed by atoms with Crippen molar-refractivity contribution in [3.8, 4) is 0 Å². The standard InChI is InChI=1S/C11H17NS2/c12-9-3-1-2-8(6-9)7-10-4-5-11(13)14-10/h4-5,8-9,13H,1-3,6-7,12H2. The van der Waals surface area contributed by atoms with Crippen LogP contribution < -0.4 is 5.73 Å². The molecule has 78 valence electrons. The van der Waals surface area contributed by atoms with Gasteiger partial charge in [-0.15, -0.1) is 24.0 Å². The quantitative estimate of drug-likeness (QED) is 0.746. The predicted molar refractivity (Wildman–Crippen MR) is 65.2 cm³/mol. The second-order valence-corrected chi connectivity index (χ2v) is 6.19. The first-order valence-electron chi connectivity index (χ1n) is 5.27. The molecule has 0 aromatic carbocycles. The smallest absolute Gasteiger partial charge is 0.0570 e. The highest BCUT2D eigenvalue weighted by molar-refractivity contribution is 7.82. The first kappa shape index (κ1) is 10.5. The van der Waals surface area contributed by atoms with Crippen LogP contribution in [0.2, 0.25) is 0 Å².